The van der Waals surface area contributed by atoms with Crippen molar-refractivity contribution in [3.63, 3.8) is 0 Å². The van der Waals surface area contributed by atoms with E-state index in [1.807, 2.05) is 0 Å². The first-order valence-corrected chi connectivity index (χ1v) is 8.73. The van der Waals surface area contributed by atoms with E-state index >= 15 is 0 Å². The Morgan fingerprint density at radius 2 is 1.96 bits per heavy atom. The van der Waals surface area contributed by atoms with Gasteiger partial charge in [0.2, 0.25) is 0 Å². The van der Waals surface area contributed by atoms with Gasteiger partial charge >= 0.3 is 12.4 Å². The van der Waals surface area contributed by atoms with Crippen LogP contribution in [0.15, 0.2) is 24.3 Å². The molecule has 0 fully saturated rings. The van der Waals surface area contributed by atoms with Crippen molar-refractivity contribution in [1.82, 2.24) is 10.2 Å². The maximum absolute atomic E-state index is 12.2. The van der Waals surface area contributed by atoms with Crippen LogP contribution in [-0.4, -0.2) is 47.8 Å². The summed E-state index contributed by atoms with van der Waals surface area (Å²) in [6.07, 6.45) is -1.33. The molecule has 142 valence electrons. The fourth-order valence-corrected chi connectivity index (χ4v) is 2.43. The third kappa shape index (κ3) is 7.10. The molecule has 0 heterocycles. The van der Waals surface area contributed by atoms with Crippen molar-refractivity contribution < 1.29 is 27.5 Å². The van der Waals surface area contributed by atoms with Crippen molar-refractivity contribution in [3.8, 4) is 11.9 Å². The van der Waals surface area contributed by atoms with Gasteiger partial charge in [-0.15, -0.1) is 13.2 Å². The largest absolute Gasteiger partial charge is 0.573 e. The number of amides is 3. The van der Waals surface area contributed by atoms with Crippen molar-refractivity contribution in [2.24, 2.45) is 0 Å². The summed E-state index contributed by atoms with van der Waals surface area (Å²) in [6, 6.07) is 2.89. The molecule has 0 bridgehead atoms. The molecule has 0 saturated heterocycles. The predicted octanol–water partition coefficient (Wildman–Crippen LogP) is 2.77. The number of hydrogen-bond acceptors (Lipinski definition) is 5. The minimum absolute atomic E-state index is 0.171. The van der Waals surface area contributed by atoms with Crippen LogP contribution in [0.5, 0.6) is 5.75 Å². The monoisotopic (exact) mass is 390 g/mol. The third-order valence-electron chi connectivity index (χ3n) is 2.99. The lowest BCUT2D eigenvalue weighted by molar-refractivity contribution is -0.274. The van der Waals surface area contributed by atoms with E-state index in [2.05, 4.69) is 15.4 Å². The number of carbonyl (C=O) groups is 2. The zero-order valence-electron chi connectivity index (χ0n) is 14.0. The lowest BCUT2D eigenvalue weighted by atomic mass is 10.3. The first kappa shape index (κ1) is 21.4. The molecule has 0 aliphatic rings. The third-order valence-corrected chi connectivity index (χ3v) is 3.65. The lowest BCUT2D eigenvalue weighted by Crippen LogP contribution is -2.49. The molecule has 26 heavy (non-hydrogen) atoms. The standard InChI is InChI=1S/C15H17F3N4O3S/c1-3-22(9-19)13(23)12(8-26-2)21-14(24)20-10-4-6-11(7-5-10)25-15(16,17)18/h4-7,12H,3,8H2,1-2H3,(H2,20,21,24). The van der Waals surface area contributed by atoms with Crippen LogP contribution in [0.2, 0.25) is 0 Å². The summed E-state index contributed by atoms with van der Waals surface area (Å²) in [7, 11) is 0. The van der Waals surface area contributed by atoms with Gasteiger partial charge in [-0.1, -0.05) is 0 Å². The van der Waals surface area contributed by atoms with Crippen LogP contribution >= 0.6 is 11.8 Å². The highest BCUT2D eigenvalue weighted by molar-refractivity contribution is 7.98. The van der Waals surface area contributed by atoms with Crippen LogP contribution in [0.4, 0.5) is 23.7 Å². The molecule has 2 N–H and O–H groups in total. The molecule has 1 rings (SSSR count). The highest BCUT2D eigenvalue weighted by Crippen LogP contribution is 2.23. The molecule has 0 saturated carbocycles. The number of likely N-dealkylation sites (N-methyl/N-ethyl adjacent to an activating group) is 1. The van der Waals surface area contributed by atoms with Gasteiger partial charge in [-0.25, -0.2) is 9.69 Å². The molecule has 0 aliphatic carbocycles. The summed E-state index contributed by atoms with van der Waals surface area (Å²) in [4.78, 5) is 25.1. The molecule has 0 radical (unpaired) electrons. The molecular weight excluding hydrogens is 373 g/mol. The highest BCUT2D eigenvalue weighted by atomic mass is 32.2. The molecular formula is C15H17F3N4O3S. The summed E-state index contributed by atoms with van der Waals surface area (Å²) in [5.41, 5.74) is 0.208. The number of nitrogens with zero attached hydrogens (tertiary/aromatic N) is 2. The number of nitrogens with one attached hydrogen (secondary N) is 2. The number of urea groups is 1. The van der Waals surface area contributed by atoms with E-state index in [4.69, 9.17) is 5.26 Å². The van der Waals surface area contributed by atoms with Crippen LogP contribution in [0.25, 0.3) is 0 Å². The second-order valence-corrected chi connectivity index (χ2v) is 5.77. The van der Waals surface area contributed by atoms with Gasteiger partial charge in [0.05, 0.1) is 0 Å². The van der Waals surface area contributed by atoms with Gasteiger partial charge in [-0.2, -0.15) is 17.0 Å². The Hall–Kier alpha value is -2.61. The summed E-state index contributed by atoms with van der Waals surface area (Å²) >= 11 is 1.31. The average Bonchev–Trinajstić information content (AvgIpc) is 2.56. The zero-order chi connectivity index (χ0) is 19.7. The Morgan fingerprint density at radius 1 is 1.35 bits per heavy atom. The number of hydrogen-bond donors (Lipinski definition) is 2. The molecule has 1 atom stereocenters. The van der Waals surface area contributed by atoms with Crippen LogP contribution < -0.4 is 15.4 Å². The number of halogens is 3. The number of ether oxygens (including phenoxy) is 1. The molecule has 1 unspecified atom stereocenters. The Morgan fingerprint density at radius 3 is 2.42 bits per heavy atom. The number of thioether (sulfide) groups is 1. The first-order valence-electron chi connectivity index (χ1n) is 7.33. The van der Waals surface area contributed by atoms with E-state index in [0.29, 0.717) is 0 Å². The molecule has 7 nitrogen and oxygen atoms in total. The number of rotatable bonds is 7. The fourth-order valence-electron chi connectivity index (χ4n) is 1.87. The summed E-state index contributed by atoms with van der Waals surface area (Å²) in [6.45, 7) is 1.80. The van der Waals surface area contributed by atoms with E-state index < -0.39 is 30.1 Å². The maximum Gasteiger partial charge on any atom is 0.573 e. The van der Waals surface area contributed by atoms with Gasteiger partial charge in [0.1, 0.15) is 11.8 Å². The number of alkyl halides is 3. The number of anilines is 1. The molecule has 0 aliphatic heterocycles. The van der Waals surface area contributed by atoms with Crippen LogP contribution in [0.3, 0.4) is 0 Å². The van der Waals surface area contributed by atoms with E-state index in [1.54, 1.807) is 19.4 Å². The smallest absolute Gasteiger partial charge is 0.406 e. The minimum Gasteiger partial charge on any atom is -0.406 e. The minimum atomic E-state index is -4.80. The average molecular weight is 390 g/mol. The number of nitriles is 1. The fraction of sp³-hybridized carbons (Fsp3) is 0.400. The van der Waals surface area contributed by atoms with E-state index in [0.717, 1.165) is 17.0 Å². The van der Waals surface area contributed by atoms with Crippen molar-refractivity contribution in [2.75, 3.05) is 23.9 Å². The van der Waals surface area contributed by atoms with E-state index in [-0.39, 0.29) is 18.0 Å². The Bertz CT molecular complexity index is 662. The molecule has 0 spiro atoms. The van der Waals surface area contributed by atoms with Crippen molar-refractivity contribution >= 4 is 29.4 Å². The molecule has 11 heteroatoms. The van der Waals surface area contributed by atoms with Gasteiger partial charge in [0, 0.05) is 18.0 Å². The Labute approximate surface area is 152 Å². The first-order chi connectivity index (χ1) is 12.2. The van der Waals surface area contributed by atoms with Gasteiger partial charge in [-0.05, 0) is 37.4 Å². The van der Waals surface area contributed by atoms with Gasteiger partial charge < -0.3 is 15.4 Å². The summed E-state index contributed by atoms with van der Waals surface area (Å²) < 4.78 is 40.0. The molecule has 3 amide bonds. The normalized spacial score (nSPS) is 11.8. The second kappa shape index (κ2) is 9.76. The van der Waals surface area contributed by atoms with Crippen molar-refractivity contribution in [3.05, 3.63) is 24.3 Å². The number of benzene rings is 1. The summed E-state index contributed by atoms with van der Waals surface area (Å²) in [5, 5.41) is 13.8. The van der Waals surface area contributed by atoms with Gasteiger partial charge in [0.15, 0.2) is 6.19 Å². The quantitative estimate of drug-likeness (QED) is 0.552. The number of carbonyl (C=O) groups excluding carboxylic acids is 2. The van der Waals surface area contributed by atoms with Crippen LogP contribution in [0, 0.1) is 11.5 Å². The zero-order valence-corrected chi connectivity index (χ0v) is 14.8. The maximum atomic E-state index is 12.2. The van der Waals surface area contributed by atoms with Crippen molar-refractivity contribution in [2.45, 2.75) is 19.3 Å². The Kier molecular flexibility index (Phi) is 8.05. The van der Waals surface area contributed by atoms with Gasteiger partial charge in [-0.3, -0.25) is 4.79 Å². The van der Waals surface area contributed by atoms with Gasteiger partial charge in [0.25, 0.3) is 5.91 Å². The Balaban J connectivity index is 2.70. The second-order valence-electron chi connectivity index (χ2n) is 4.86. The highest BCUT2D eigenvalue weighted by Gasteiger charge is 2.31. The molecule has 1 aromatic rings. The predicted molar refractivity (Wildman–Crippen MR) is 90.4 cm³/mol. The topological polar surface area (TPSA) is 94.5 Å². The van der Waals surface area contributed by atoms with E-state index in [9.17, 15) is 22.8 Å². The summed E-state index contributed by atoms with van der Waals surface area (Å²) in [5.74, 6) is -0.720. The van der Waals surface area contributed by atoms with Crippen molar-refractivity contribution in [1.29, 1.82) is 5.26 Å². The lowest BCUT2D eigenvalue weighted by Gasteiger charge is -2.21. The van der Waals surface area contributed by atoms with Crippen LogP contribution in [-0.2, 0) is 4.79 Å². The molecule has 1 aromatic carbocycles. The molecule has 0 aromatic heterocycles. The SMILES string of the molecule is CCN(C#N)C(=O)C(CSC)NC(=O)Nc1ccc(OC(F)(F)F)cc1. The van der Waals surface area contributed by atoms with Crippen LogP contribution in [0.1, 0.15) is 6.92 Å². The van der Waals surface area contributed by atoms with E-state index in [1.165, 1.54) is 23.9 Å².